The van der Waals surface area contributed by atoms with E-state index >= 15 is 0 Å². The third kappa shape index (κ3) is 3.75. The van der Waals surface area contributed by atoms with Gasteiger partial charge in [0.25, 0.3) is 5.56 Å². The molecule has 0 fully saturated rings. The van der Waals surface area contributed by atoms with E-state index in [1.165, 1.54) is 11.3 Å². The molecular weight excluding hydrogens is 398 g/mol. The number of fused-ring (bicyclic) bond motifs is 3. The minimum absolute atomic E-state index is 0.0155. The number of rotatable bonds is 7. The number of nitrogens with one attached hydrogen (secondary N) is 1. The largest absolute Gasteiger partial charge is 0.326 e. The molecule has 1 atom stereocenters. The van der Waals surface area contributed by atoms with Crippen molar-refractivity contribution in [3.05, 3.63) is 57.5 Å². The van der Waals surface area contributed by atoms with Crippen molar-refractivity contribution < 1.29 is 4.79 Å². The van der Waals surface area contributed by atoms with Gasteiger partial charge in [0, 0.05) is 24.6 Å². The van der Waals surface area contributed by atoms with Crippen molar-refractivity contribution in [1.82, 2.24) is 19.2 Å². The Balaban J connectivity index is 1.55. The van der Waals surface area contributed by atoms with Crippen LogP contribution in [0.5, 0.6) is 0 Å². The first kappa shape index (κ1) is 20.3. The summed E-state index contributed by atoms with van der Waals surface area (Å²) in [5.74, 6) is 1.32. The first-order valence-corrected chi connectivity index (χ1v) is 11.1. The van der Waals surface area contributed by atoms with Crippen molar-refractivity contribution >= 4 is 38.9 Å². The molecule has 1 amide bonds. The summed E-state index contributed by atoms with van der Waals surface area (Å²) in [5, 5.41) is 13.5. The summed E-state index contributed by atoms with van der Waals surface area (Å²) in [7, 11) is 0. The van der Waals surface area contributed by atoms with Crippen LogP contribution in [0.15, 0.2) is 40.5 Å². The zero-order valence-electron chi connectivity index (χ0n) is 17.4. The SMILES string of the molecule is CCC(C)n1c(=O)c2sccc2n2c(CCCC(=O)Nc3ccc(C)cc3)nnc12. The molecule has 0 saturated carbocycles. The van der Waals surface area contributed by atoms with Gasteiger partial charge in [0.1, 0.15) is 10.5 Å². The van der Waals surface area contributed by atoms with Gasteiger partial charge in [-0.3, -0.25) is 18.6 Å². The van der Waals surface area contributed by atoms with Gasteiger partial charge >= 0.3 is 0 Å². The first-order valence-electron chi connectivity index (χ1n) is 10.2. The van der Waals surface area contributed by atoms with Gasteiger partial charge in [0.2, 0.25) is 11.7 Å². The minimum atomic E-state index is -0.0233. The normalized spacial score (nSPS) is 12.5. The van der Waals surface area contributed by atoms with E-state index in [1.54, 1.807) is 4.57 Å². The molecule has 3 heterocycles. The van der Waals surface area contributed by atoms with E-state index < -0.39 is 0 Å². The molecule has 0 aliphatic rings. The van der Waals surface area contributed by atoms with Crippen LogP contribution in [-0.2, 0) is 11.2 Å². The summed E-state index contributed by atoms with van der Waals surface area (Å²) in [6, 6.07) is 9.72. The van der Waals surface area contributed by atoms with E-state index in [-0.39, 0.29) is 17.5 Å². The van der Waals surface area contributed by atoms with Gasteiger partial charge in [0.05, 0.1) is 5.52 Å². The van der Waals surface area contributed by atoms with Gasteiger partial charge in [-0.15, -0.1) is 21.5 Å². The maximum atomic E-state index is 13.0. The molecule has 1 aromatic carbocycles. The average Bonchev–Trinajstić information content (AvgIpc) is 3.37. The van der Waals surface area contributed by atoms with E-state index in [9.17, 15) is 9.59 Å². The third-order valence-electron chi connectivity index (χ3n) is 5.40. The van der Waals surface area contributed by atoms with Crippen molar-refractivity contribution in [2.75, 3.05) is 5.32 Å². The maximum absolute atomic E-state index is 13.0. The summed E-state index contributed by atoms with van der Waals surface area (Å²) in [4.78, 5) is 25.2. The second kappa shape index (κ2) is 8.39. The number of aromatic nitrogens is 4. The number of aryl methyl sites for hydroxylation is 2. The van der Waals surface area contributed by atoms with E-state index in [4.69, 9.17) is 0 Å². The first-order chi connectivity index (χ1) is 14.5. The predicted octanol–water partition coefficient (Wildman–Crippen LogP) is 4.35. The van der Waals surface area contributed by atoms with Crippen LogP contribution in [0.1, 0.15) is 50.5 Å². The molecule has 3 aromatic heterocycles. The third-order valence-corrected chi connectivity index (χ3v) is 6.29. The highest BCUT2D eigenvalue weighted by Gasteiger charge is 2.19. The van der Waals surface area contributed by atoms with Crippen LogP contribution in [0, 0.1) is 6.92 Å². The van der Waals surface area contributed by atoms with Crippen molar-refractivity contribution in [1.29, 1.82) is 0 Å². The summed E-state index contributed by atoms with van der Waals surface area (Å²) >= 11 is 1.44. The quantitative estimate of drug-likeness (QED) is 0.479. The molecule has 0 bridgehead atoms. The molecule has 0 saturated heterocycles. The van der Waals surface area contributed by atoms with E-state index in [1.807, 2.05) is 54.0 Å². The van der Waals surface area contributed by atoms with E-state index in [0.29, 0.717) is 29.7 Å². The highest BCUT2D eigenvalue weighted by Crippen LogP contribution is 2.23. The number of benzene rings is 1. The molecule has 30 heavy (non-hydrogen) atoms. The Morgan fingerprint density at radius 2 is 1.97 bits per heavy atom. The topological polar surface area (TPSA) is 81.3 Å². The lowest BCUT2D eigenvalue weighted by molar-refractivity contribution is -0.116. The molecular formula is C22H25N5O2S. The molecule has 0 spiro atoms. The van der Waals surface area contributed by atoms with Gasteiger partial charge in [0.15, 0.2) is 0 Å². The predicted molar refractivity (Wildman–Crippen MR) is 120 cm³/mol. The van der Waals surface area contributed by atoms with Crippen LogP contribution in [-0.4, -0.2) is 25.1 Å². The molecule has 1 unspecified atom stereocenters. The fourth-order valence-corrected chi connectivity index (χ4v) is 4.37. The fourth-order valence-electron chi connectivity index (χ4n) is 3.56. The molecule has 4 rings (SSSR count). The summed E-state index contributed by atoms with van der Waals surface area (Å²) in [5.41, 5.74) is 2.78. The molecule has 0 radical (unpaired) electrons. The Bertz CT molecular complexity index is 1250. The lowest BCUT2D eigenvalue weighted by Crippen LogP contribution is -2.25. The molecule has 0 aliphatic heterocycles. The zero-order valence-corrected chi connectivity index (χ0v) is 18.2. The van der Waals surface area contributed by atoms with E-state index in [2.05, 4.69) is 22.4 Å². The maximum Gasteiger partial charge on any atom is 0.273 e. The standard InChI is InChI=1S/C22H25N5O2S/c1-4-15(3)26-21(29)20-17(12-13-30-20)27-18(24-25-22(26)27)6-5-7-19(28)23-16-10-8-14(2)9-11-16/h8-13,15H,4-7H2,1-3H3,(H,23,28). The Kier molecular flexibility index (Phi) is 5.67. The van der Waals surface area contributed by atoms with Gasteiger partial charge in [-0.05, 0) is 50.3 Å². The number of amides is 1. The Labute approximate surface area is 178 Å². The monoisotopic (exact) mass is 423 g/mol. The number of carbonyl (C=O) groups excluding carboxylic acids is 1. The van der Waals surface area contributed by atoms with Crippen LogP contribution < -0.4 is 10.9 Å². The number of nitrogens with zero attached hydrogens (tertiary/aromatic N) is 4. The second-order valence-corrected chi connectivity index (χ2v) is 8.50. The number of carbonyl (C=O) groups is 1. The van der Waals surface area contributed by atoms with Crippen molar-refractivity contribution in [3.63, 3.8) is 0 Å². The summed E-state index contributed by atoms with van der Waals surface area (Å²) < 4.78 is 4.41. The van der Waals surface area contributed by atoms with Crippen LogP contribution in [0.2, 0.25) is 0 Å². The van der Waals surface area contributed by atoms with Crippen molar-refractivity contribution in [2.45, 2.75) is 52.5 Å². The number of hydrogen-bond donors (Lipinski definition) is 1. The zero-order chi connectivity index (χ0) is 21.3. The lowest BCUT2D eigenvalue weighted by atomic mass is 10.2. The summed E-state index contributed by atoms with van der Waals surface area (Å²) in [6.07, 6.45) is 2.47. The van der Waals surface area contributed by atoms with E-state index in [0.717, 1.165) is 29.0 Å². The van der Waals surface area contributed by atoms with Crippen LogP contribution in [0.25, 0.3) is 16.0 Å². The van der Waals surface area contributed by atoms with Crippen LogP contribution >= 0.6 is 11.3 Å². The van der Waals surface area contributed by atoms with Crippen LogP contribution in [0.3, 0.4) is 0 Å². The lowest BCUT2D eigenvalue weighted by Gasteiger charge is -2.14. The molecule has 1 N–H and O–H groups in total. The second-order valence-electron chi connectivity index (χ2n) is 7.59. The van der Waals surface area contributed by atoms with Gasteiger partial charge in [-0.25, -0.2) is 0 Å². The number of hydrogen-bond acceptors (Lipinski definition) is 5. The minimum Gasteiger partial charge on any atom is -0.326 e. The molecule has 4 aromatic rings. The smallest absolute Gasteiger partial charge is 0.273 e. The Morgan fingerprint density at radius 3 is 2.70 bits per heavy atom. The highest BCUT2D eigenvalue weighted by molar-refractivity contribution is 7.17. The van der Waals surface area contributed by atoms with Gasteiger partial charge < -0.3 is 5.32 Å². The average molecular weight is 424 g/mol. The Hall–Kier alpha value is -3.00. The summed E-state index contributed by atoms with van der Waals surface area (Å²) in [6.45, 7) is 6.08. The number of thiophene rings is 1. The molecule has 7 nitrogen and oxygen atoms in total. The molecule has 0 aliphatic carbocycles. The van der Waals surface area contributed by atoms with Gasteiger partial charge in [-0.2, -0.15) is 0 Å². The van der Waals surface area contributed by atoms with Crippen LogP contribution in [0.4, 0.5) is 5.69 Å². The molecule has 8 heteroatoms. The number of anilines is 1. The highest BCUT2D eigenvalue weighted by atomic mass is 32.1. The van der Waals surface area contributed by atoms with Crippen molar-refractivity contribution in [3.8, 4) is 0 Å². The van der Waals surface area contributed by atoms with Gasteiger partial charge in [-0.1, -0.05) is 24.6 Å². The van der Waals surface area contributed by atoms with Crippen molar-refractivity contribution in [2.24, 2.45) is 0 Å². The fraction of sp³-hybridized carbons (Fsp3) is 0.364. The molecule has 156 valence electrons. The Morgan fingerprint density at radius 1 is 1.20 bits per heavy atom.